The molecule has 1 rings (SSSR count). The van der Waals surface area contributed by atoms with Gasteiger partial charge in [0.05, 0.1) is 12.1 Å². The van der Waals surface area contributed by atoms with Gasteiger partial charge in [0.15, 0.2) is 8.32 Å². The van der Waals surface area contributed by atoms with Crippen molar-refractivity contribution in [1.82, 2.24) is 4.90 Å². The third-order valence-electron chi connectivity index (χ3n) is 6.42. The fraction of sp³-hybridized carbons (Fsp3) is 0.708. The monoisotopic (exact) mass is 405 g/mol. The van der Waals surface area contributed by atoms with Crippen LogP contribution in [0.4, 0.5) is 0 Å². The maximum absolute atomic E-state index is 12.7. The van der Waals surface area contributed by atoms with Gasteiger partial charge < -0.3 is 9.33 Å². The number of nitrogens with zero attached hydrogens (tertiary/aromatic N) is 1. The molecule has 3 atom stereocenters. The molecule has 1 aliphatic rings. The summed E-state index contributed by atoms with van der Waals surface area (Å²) in [6.45, 7) is 19.6. The third kappa shape index (κ3) is 7.04. The number of amides is 1. The third-order valence-corrected chi connectivity index (χ3v) is 10.9. The Morgan fingerprint density at radius 2 is 1.89 bits per heavy atom. The Bertz CT molecular complexity index is 586. The summed E-state index contributed by atoms with van der Waals surface area (Å²) >= 11 is 0. The molecule has 0 bridgehead atoms. The zero-order valence-electron chi connectivity index (χ0n) is 19.5. The van der Waals surface area contributed by atoms with E-state index >= 15 is 0 Å². The summed E-state index contributed by atoms with van der Waals surface area (Å²) in [6, 6.07) is 0.0506. The number of likely N-dealkylation sites (N-methyl/N-ethyl adjacent to an activating group) is 1. The molecule has 1 amide bonds. The van der Waals surface area contributed by atoms with Gasteiger partial charge in [-0.2, -0.15) is 0 Å². The van der Waals surface area contributed by atoms with E-state index in [4.69, 9.17) is 4.43 Å². The van der Waals surface area contributed by atoms with E-state index in [-0.39, 0.29) is 29.0 Å². The molecule has 0 aliphatic carbocycles. The Kier molecular flexibility index (Phi) is 9.42. The van der Waals surface area contributed by atoms with Crippen LogP contribution < -0.4 is 0 Å². The summed E-state index contributed by atoms with van der Waals surface area (Å²) in [7, 11) is 0.117. The van der Waals surface area contributed by atoms with E-state index in [0.717, 1.165) is 25.7 Å². The number of carbonyl (C=O) groups excluding carboxylic acids is 1. The molecule has 0 saturated heterocycles. The van der Waals surface area contributed by atoms with Crippen molar-refractivity contribution in [3.63, 3.8) is 0 Å². The number of rotatable bonds is 4. The second kappa shape index (κ2) is 10.6. The second-order valence-corrected chi connectivity index (χ2v) is 14.6. The summed E-state index contributed by atoms with van der Waals surface area (Å²) in [5.74, 6) is 0.451. The highest BCUT2D eigenvalue weighted by molar-refractivity contribution is 6.74. The first-order chi connectivity index (χ1) is 12.9. The van der Waals surface area contributed by atoms with Crippen molar-refractivity contribution in [2.24, 2.45) is 5.92 Å². The summed E-state index contributed by atoms with van der Waals surface area (Å²) in [4.78, 5) is 14.6. The van der Waals surface area contributed by atoms with Gasteiger partial charge in [0, 0.05) is 13.5 Å². The zero-order chi connectivity index (χ0) is 21.5. The Morgan fingerprint density at radius 1 is 1.25 bits per heavy atom. The van der Waals surface area contributed by atoms with E-state index in [1.807, 2.05) is 24.1 Å². The Morgan fingerprint density at radius 3 is 2.46 bits per heavy atom. The highest BCUT2D eigenvalue weighted by atomic mass is 28.4. The average Bonchev–Trinajstić information content (AvgIpc) is 2.57. The molecule has 2 unspecified atom stereocenters. The van der Waals surface area contributed by atoms with E-state index in [0.29, 0.717) is 6.42 Å². The normalized spacial score (nSPS) is 27.7. The number of allylic oxidation sites excluding steroid dienone is 2. The largest absolute Gasteiger partial charge is 0.411 e. The SMILES string of the molecule is C=C/C=C(\C)C1[C@@H](C)/C=C/C(O[Si](C)(C)C(C)(C)C)CCCCCC(=O)N1C. The van der Waals surface area contributed by atoms with Crippen LogP contribution in [0.15, 0.2) is 36.5 Å². The lowest BCUT2D eigenvalue weighted by Gasteiger charge is -2.39. The van der Waals surface area contributed by atoms with Gasteiger partial charge in [0.1, 0.15) is 0 Å². The van der Waals surface area contributed by atoms with Crippen LogP contribution in [0.3, 0.4) is 0 Å². The van der Waals surface area contributed by atoms with Crippen LogP contribution >= 0.6 is 0 Å². The first-order valence-corrected chi connectivity index (χ1v) is 13.7. The van der Waals surface area contributed by atoms with Gasteiger partial charge >= 0.3 is 0 Å². The van der Waals surface area contributed by atoms with Gasteiger partial charge in [-0.15, -0.1) is 0 Å². The Hall–Kier alpha value is -1.13. The standard InChI is InChI=1S/C24H43NO2Si/c1-10-14-19(2)23-20(3)17-18-21(27-28(8,9)24(4,5)6)15-12-11-13-16-22(26)25(23)7/h10,14,17-18,20-21,23H,1,11-13,15-16H2,2-9H3/b18-17+,19-14+/t20-,21?,23?/m0/s1. The van der Waals surface area contributed by atoms with Crippen molar-refractivity contribution >= 4 is 14.2 Å². The summed E-state index contributed by atoms with van der Waals surface area (Å²) in [5.41, 5.74) is 1.17. The van der Waals surface area contributed by atoms with Gasteiger partial charge in [-0.25, -0.2) is 0 Å². The first kappa shape index (κ1) is 24.9. The molecular formula is C24H43NO2Si. The molecule has 160 valence electrons. The number of hydrogen-bond donors (Lipinski definition) is 0. The van der Waals surface area contributed by atoms with Crippen molar-refractivity contribution in [2.75, 3.05) is 7.05 Å². The van der Waals surface area contributed by atoms with Gasteiger partial charge in [0.25, 0.3) is 0 Å². The number of hydrogen-bond acceptors (Lipinski definition) is 2. The van der Waals surface area contributed by atoms with E-state index < -0.39 is 8.32 Å². The summed E-state index contributed by atoms with van der Waals surface area (Å²) < 4.78 is 6.73. The summed E-state index contributed by atoms with van der Waals surface area (Å²) in [5, 5.41) is 0.203. The molecule has 0 N–H and O–H groups in total. The molecule has 1 heterocycles. The predicted molar refractivity (Wildman–Crippen MR) is 124 cm³/mol. The molecule has 0 saturated carbocycles. The van der Waals surface area contributed by atoms with Gasteiger partial charge in [-0.05, 0) is 43.8 Å². The maximum atomic E-state index is 12.7. The second-order valence-electron chi connectivity index (χ2n) is 9.86. The van der Waals surface area contributed by atoms with Crippen LogP contribution in [0, 0.1) is 5.92 Å². The van der Waals surface area contributed by atoms with E-state index in [9.17, 15) is 4.79 Å². The molecule has 1 aliphatic heterocycles. The van der Waals surface area contributed by atoms with Crippen LogP contribution in [-0.2, 0) is 9.22 Å². The minimum absolute atomic E-state index is 0.0506. The molecule has 0 aromatic carbocycles. The molecule has 0 aromatic heterocycles. The molecule has 3 nitrogen and oxygen atoms in total. The van der Waals surface area contributed by atoms with Gasteiger partial charge in [0.2, 0.25) is 5.91 Å². The van der Waals surface area contributed by atoms with E-state index in [1.54, 1.807) is 0 Å². The lowest BCUT2D eigenvalue weighted by molar-refractivity contribution is -0.132. The fourth-order valence-electron chi connectivity index (χ4n) is 3.64. The highest BCUT2D eigenvalue weighted by Gasteiger charge is 2.38. The zero-order valence-corrected chi connectivity index (χ0v) is 20.5. The molecule has 0 fully saturated rings. The Balaban J connectivity index is 3.16. The summed E-state index contributed by atoms with van der Waals surface area (Å²) in [6.07, 6.45) is 13.3. The molecule has 0 radical (unpaired) electrons. The first-order valence-electron chi connectivity index (χ1n) is 10.8. The van der Waals surface area contributed by atoms with Crippen molar-refractivity contribution in [1.29, 1.82) is 0 Å². The van der Waals surface area contributed by atoms with Crippen molar-refractivity contribution < 1.29 is 9.22 Å². The fourth-order valence-corrected chi connectivity index (χ4v) is 4.95. The van der Waals surface area contributed by atoms with Crippen molar-refractivity contribution in [2.45, 2.75) is 97.0 Å². The van der Waals surface area contributed by atoms with Crippen LogP contribution in [-0.4, -0.2) is 38.3 Å². The molecule has 0 aromatic rings. The van der Waals surface area contributed by atoms with Crippen LogP contribution in [0.5, 0.6) is 0 Å². The maximum Gasteiger partial charge on any atom is 0.222 e. The Labute approximate surface area is 175 Å². The predicted octanol–water partition coefficient (Wildman–Crippen LogP) is 6.49. The minimum Gasteiger partial charge on any atom is -0.411 e. The van der Waals surface area contributed by atoms with Crippen LogP contribution in [0.25, 0.3) is 0 Å². The van der Waals surface area contributed by atoms with Gasteiger partial charge in [-0.3, -0.25) is 4.79 Å². The van der Waals surface area contributed by atoms with Crippen molar-refractivity contribution in [3.8, 4) is 0 Å². The van der Waals surface area contributed by atoms with Crippen LogP contribution in [0.1, 0.15) is 66.7 Å². The quantitative estimate of drug-likeness (QED) is 0.304. The average molecular weight is 406 g/mol. The minimum atomic E-state index is -1.82. The smallest absolute Gasteiger partial charge is 0.222 e. The van der Waals surface area contributed by atoms with E-state index in [2.05, 4.69) is 66.4 Å². The lowest BCUT2D eigenvalue weighted by atomic mass is 9.91. The van der Waals surface area contributed by atoms with Crippen LogP contribution in [0.2, 0.25) is 18.1 Å². The van der Waals surface area contributed by atoms with Crippen molar-refractivity contribution in [3.05, 3.63) is 36.5 Å². The lowest BCUT2D eigenvalue weighted by Crippen LogP contribution is -2.44. The molecular weight excluding hydrogens is 362 g/mol. The van der Waals surface area contributed by atoms with Gasteiger partial charge in [-0.1, -0.05) is 77.0 Å². The molecule has 28 heavy (non-hydrogen) atoms. The number of carbonyl (C=O) groups is 1. The van der Waals surface area contributed by atoms with E-state index in [1.165, 1.54) is 5.57 Å². The molecule has 4 heteroatoms. The topological polar surface area (TPSA) is 29.5 Å². The molecule has 0 spiro atoms. The highest BCUT2D eigenvalue weighted by Crippen LogP contribution is 2.38.